The zero-order valence-electron chi connectivity index (χ0n) is 16.8. The van der Waals surface area contributed by atoms with Crippen LogP contribution in [0, 0.1) is 17.2 Å². The van der Waals surface area contributed by atoms with E-state index < -0.39 is 5.41 Å². The minimum Gasteiger partial charge on any atom is -0.359 e. The predicted octanol–water partition coefficient (Wildman–Crippen LogP) is 3.80. The van der Waals surface area contributed by atoms with Crippen molar-refractivity contribution in [1.29, 1.82) is 0 Å². The lowest BCUT2D eigenvalue weighted by Crippen LogP contribution is -2.45. The minimum absolute atomic E-state index is 0.0512. The fourth-order valence-electron chi connectivity index (χ4n) is 4.63. The molecule has 1 saturated heterocycles. The molecule has 0 unspecified atom stereocenters. The Labute approximate surface area is 171 Å². The van der Waals surface area contributed by atoms with E-state index in [1.807, 2.05) is 35.2 Å². The molecule has 1 atom stereocenters. The Morgan fingerprint density at radius 3 is 2.45 bits per heavy atom. The molecule has 1 aliphatic heterocycles. The Kier molecular flexibility index (Phi) is 5.39. The molecule has 0 spiro atoms. The zero-order chi connectivity index (χ0) is 20.4. The smallest absolute Gasteiger partial charge is 0.228 e. The molecule has 2 fully saturated rings. The molecule has 1 aliphatic carbocycles. The Hall–Kier alpha value is -2.69. The van der Waals surface area contributed by atoms with Crippen molar-refractivity contribution in [3.05, 3.63) is 59.9 Å². The lowest BCUT2D eigenvalue weighted by Gasteiger charge is -2.32. The highest BCUT2D eigenvalue weighted by atomic mass is 19.1. The van der Waals surface area contributed by atoms with Crippen LogP contribution in [-0.2, 0) is 16.0 Å². The quantitative estimate of drug-likeness (QED) is 0.839. The third kappa shape index (κ3) is 3.66. The average molecular weight is 394 g/mol. The first kappa shape index (κ1) is 19.6. The fraction of sp³-hybridized carbons (Fsp3) is 0.417. The predicted molar refractivity (Wildman–Crippen MR) is 111 cm³/mol. The summed E-state index contributed by atoms with van der Waals surface area (Å²) in [7, 11) is 1.64. The second-order valence-electron chi connectivity index (χ2n) is 8.31. The highest BCUT2D eigenvalue weighted by Crippen LogP contribution is 2.39. The Bertz CT molecular complexity index is 925. The van der Waals surface area contributed by atoms with E-state index in [1.165, 1.54) is 6.07 Å². The second kappa shape index (κ2) is 7.97. The molecule has 5 heteroatoms. The van der Waals surface area contributed by atoms with E-state index in [-0.39, 0.29) is 23.5 Å². The summed E-state index contributed by atoms with van der Waals surface area (Å²) in [5.41, 5.74) is 1.59. The molecule has 2 aromatic rings. The summed E-state index contributed by atoms with van der Waals surface area (Å²) in [6.07, 6.45) is 4.13. The maximum absolute atomic E-state index is 14.5. The number of carbonyl (C=O) groups is 2. The first-order valence-corrected chi connectivity index (χ1v) is 10.4. The van der Waals surface area contributed by atoms with Gasteiger partial charge in [0.1, 0.15) is 5.82 Å². The molecular weight excluding hydrogens is 367 g/mol. The number of nitrogens with zero attached hydrogens (tertiary/aromatic N) is 1. The van der Waals surface area contributed by atoms with Gasteiger partial charge in [-0.3, -0.25) is 9.59 Å². The lowest BCUT2D eigenvalue weighted by atomic mass is 9.78. The van der Waals surface area contributed by atoms with Gasteiger partial charge in [0, 0.05) is 31.6 Å². The molecule has 1 saturated carbocycles. The zero-order valence-corrected chi connectivity index (χ0v) is 16.8. The van der Waals surface area contributed by atoms with E-state index in [0.717, 1.165) is 30.4 Å². The summed E-state index contributed by atoms with van der Waals surface area (Å²) in [6, 6.07) is 14.4. The van der Waals surface area contributed by atoms with Gasteiger partial charge in [0.2, 0.25) is 11.8 Å². The summed E-state index contributed by atoms with van der Waals surface area (Å²) in [4.78, 5) is 27.6. The van der Waals surface area contributed by atoms with Crippen LogP contribution < -0.4 is 5.32 Å². The summed E-state index contributed by atoms with van der Waals surface area (Å²) in [6.45, 7) is 1.03. The van der Waals surface area contributed by atoms with E-state index in [9.17, 15) is 14.0 Å². The van der Waals surface area contributed by atoms with Gasteiger partial charge in [-0.1, -0.05) is 48.9 Å². The SMILES string of the molecule is CNC(=O)[C@@]1(Cc2ccccc2-c2ccccc2F)CCN(C(=O)C2CCC2)C1. The van der Waals surface area contributed by atoms with E-state index >= 15 is 0 Å². The number of benzene rings is 2. The maximum atomic E-state index is 14.5. The summed E-state index contributed by atoms with van der Waals surface area (Å²) >= 11 is 0. The first-order valence-electron chi connectivity index (χ1n) is 10.4. The molecule has 0 bridgehead atoms. The maximum Gasteiger partial charge on any atom is 0.228 e. The standard InChI is InChI=1S/C24H27FN2O2/c1-26-23(29)24(13-14-27(16-24)22(28)17-8-6-9-17)15-18-7-2-3-10-19(18)20-11-4-5-12-21(20)25/h2-5,7,10-12,17H,6,8-9,13-16H2,1H3,(H,26,29)/t24-/m1/s1. The van der Waals surface area contributed by atoms with Crippen molar-refractivity contribution in [3.63, 3.8) is 0 Å². The Morgan fingerprint density at radius 2 is 1.79 bits per heavy atom. The number of hydrogen-bond donors (Lipinski definition) is 1. The number of rotatable bonds is 5. The third-order valence-electron chi connectivity index (χ3n) is 6.54. The number of amides is 2. The van der Waals surface area contributed by atoms with E-state index in [4.69, 9.17) is 0 Å². The number of halogens is 1. The van der Waals surface area contributed by atoms with Gasteiger partial charge in [-0.05, 0) is 42.9 Å². The summed E-state index contributed by atoms with van der Waals surface area (Å²) < 4.78 is 14.5. The van der Waals surface area contributed by atoms with Gasteiger partial charge in [0.05, 0.1) is 5.41 Å². The molecule has 0 radical (unpaired) electrons. The van der Waals surface area contributed by atoms with E-state index in [0.29, 0.717) is 31.5 Å². The molecular formula is C24H27FN2O2. The topological polar surface area (TPSA) is 49.4 Å². The van der Waals surface area contributed by atoms with Crippen molar-refractivity contribution in [1.82, 2.24) is 10.2 Å². The van der Waals surface area contributed by atoms with E-state index in [2.05, 4.69) is 5.32 Å². The summed E-state index contributed by atoms with van der Waals surface area (Å²) in [5, 5.41) is 2.80. The van der Waals surface area contributed by atoms with Gasteiger partial charge in [0.25, 0.3) is 0 Å². The number of nitrogens with one attached hydrogen (secondary N) is 1. The van der Waals surface area contributed by atoms with Crippen LogP contribution in [0.5, 0.6) is 0 Å². The van der Waals surface area contributed by atoms with Crippen molar-refractivity contribution >= 4 is 11.8 Å². The molecule has 29 heavy (non-hydrogen) atoms. The molecule has 2 aliphatic rings. The van der Waals surface area contributed by atoms with Gasteiger partial charge >= 0.3 is 0 Å². The normalized spacial score (nSPS) is 21.7. The molecule has 1 heterocycles. The van der Waals surface area contributed by atoms with Crippen molar-refractivity contribution in [3.8, 4) is 11.1 Å². The third-order valence-corrected chi connectivity index (χ3v) is 6.54. The highest BCUT2D eigenvalue weighted by Gasteiger charge is 2.47. The Morgan fingerprint density at radius 1 is 1.10 bits per heavy atom. The largest absolute Gasteiger partial charge is 0.359 e. The molecule has 4 nitrogen and oxygen atoms in total. The van der Waals surface area contributed by atoms with Crippen LogP contribution in [0.4, 0.5) is 4.39 Å². The van der Waals surface area contributed by atoms with Gasteiger partial charge in [-0.15, -0.1) is 0 Å². The van der Waals surface area contributed by atoms with Crippen LogP contribution in [0.3, 0.4) is 0 Å². The van der Waals surface area contributed by atoms with Gasteiger partial charge in [-0.2, -0.15) is 0 Å². The molecule has 2 amide bonds. The van der Waals surface area contributed by atoms with Crippen LogP contribution >= 0.6 is 0 Å². The number of carbonyl (C=O) groups excluding carboxylic acids is 2. The molecule has 152 valence electrons. The monoisotopic (exact) mass is 394 g/mol. The molecule has 0 aromatic heterocycles. The van der Waals surface area contributed by atoms with Crippen LogP contribution in [-0.4, -0.2) is 36.9 Å². The van der Waals surface area contributed by atoms with Crippen LogP contribution in [0.2, 0.25) is 0 Å². The van der Waals surface area contributed by atoms with Crippen molar-refractivity contribution in [2.24, 2.45) is 11.3 Å². The molecule has 1 N–H and O–H groups in total. The minimum atomic E-state index is -0.685. The van der Waals surface area contributed by atoms with Crippen LogP contribution in [0.1, 0.15) is 31.2 Å². The van der Waals surface area contributed by atoms with E-state index in [1.54, 1.807) is 19.2 Å². The fourth-order valence-corrected chi connectivity index (χ4v) is 4.63. The molecule has 4 rings (SSSR count). The van der Waals surface area contributed by atoms with Crippen molar-refractivity contribution in [2.75, 3.05) is 20.1 Å². The molecule has 2 aromatic carbocycles. The summed E-state index contributed by atoms with van der Waals surface area (Å²) in [5.74, 6) is -0.0162. The number of likely N-dealkylation sites (tertiary alicyclic amines) is 1. The number of hydrogen-bond acceptors (Lipinski definition) is 2. The second-order valence-corrected chi connectivity index (χ2v) is 8.31. The van der Waals surface area contributed by atoms with Crippen LogP contribution in [0.15, 0.2) is 48.5 Å². The lowest BCUT2D eigenvalue weighted by molar-refractivity contribution is -0.138. The highest BCUT2D eigenvalue weighted by molar-refractivity contribution is 5.86. The van der Waals surface area contributed by atoms with Crippen molar-refractivity contribution in [2.45, 2.75) is 32.1 Å². The van der Waals surface area contributed by atoms with Gasteiger partial charge < -0.3 is 10.2 Å². The van der Waals surface area contributed by atoms with Gasteiger partial charge in [-0.25, -0.2) is 4.39 Å². The van der Waals surface area contributed by atoms with Gasteiger partial charge in [0.15, 0.2) is 0 Å². The van der Waals surface area contributed by atoms with Crippen LogP contribution in [0.25, 0.3) is 11.1 Å². The average Bonchev–Trinajstić information content (AvgIpc) is 3.12. The van der Waals surface area contributed by atoms with Crippen molar-refractivity contribution < 1.29 is 14.0 Å². The Balaban J connectivity index is 1.65. The first-order chi connectivity index (χ1) is 14.0.